The normalized spacial score (nSPS) is 19.7. The van der Waals surface area contributed by atoms with Gasteiger partial charge in [0.2, 0.25) is 11.8 Å². The minimum absolute atomic E-state index is 0.732. The van der Waals surface area contributed by atoms with Crippen LogP contribution >= 0.6 is 0 Å². The molecule has 0 radical (unpaired) electrons. The summed E-state index contributed by atoms with van der Waals surface area (Å²) in [5.74, 6) is 1.51. The van der Waals surface area contributed by atoms with E-state index in [0.717, 1.165) is 75.3 Å². The number of hydrogen-bond donors (Lipinski definition) is 1. The quantitative estimate of drug-likeness (QED) is 0.812. The zero-order valence-electron chi connectivity index (χ0n) is 11.3. The van der Waals surface area contributed by atoms with E-state index in [9.17, 15) is 0 Å². The lowest BCUT2D eigenvalue weighted by Crippen LogP contribution is -2.37. The Labute approximate surface area is 113 Å². The summed E-state index contributed by atoms with van der Waals surface area (Å²) in [4.78, 5) is 11.5. The number of nitrogens with one attached hydrogen (secondary N) is 1. The molecule has 0 spiro atoms. The van der Waals surface area contributed by atoms with Gasteiger partial charge in [0, 0.05) is 31.6 Å². The van der Waals surface area contributed by atoms with Crippen molar-refractivity contribution in [2.45, 2.75) is 12.8 Å². The van der Waals surface area contributed by atoms with Crippen LogP contribution in [-0.2, 0) is 17.6 Å². The molecule has 0 atom stereocenters. The Bertz CT molecular complexity index is 447. The highest BCUT2D eigenvalue weighted by atomic mass is 16.5. The second-order valence-corrected chi connectivity index (χ2v) is 4.81. The number of nitrogens with zero attached hydrogens (tertiary/aromatic N) is 3. The van der Waals surface area contributed by atoms with E-state index in [1.807, 2.05) is 0 Å². The molecule has 0 amide bonds. The molecule has 6 nitrogen and oxygen atoms in total. The predicted molar refractivity (Wildman–Crippen MR) is 71.9 cm³/mol. The zero-order valence-corrected chi connectivity index (χ0v) is 11.3. The van der Waals surface area contributed by atoms with Gasteiger partial charge >= 0.3 is 0 Å². The number of methoxy groups -OCH3 is 1. The predicted octanol–water partition coefficient (Wildman–Crippen LogP) is 0.0100. The summed E-state index contributed by atoms with van der Waals surface area (Å²) in [6.45, 7) is 5.11. The Morgan fingerprint density at radius 1 is 1.16 bits per heavy atom. The fourth-order valence-corrected chi connectivity index (χ4v) is 2.57. The maximum atomic E-state index is 5.46. The summed E-state index contributed by atoms with van der Waals surface area (Å²) in [5.41, 5.74) is 2.28. The van der Waals surface area contributed by atoms with Crippen LogP contribution in [0.25, 0.3) is 0 Å². The molecule has 0 aromatic carbocycles. The van der Waals surface area contributed by atoms with Crippen LogP contribution in [-0.4, -0.2) is 56.5 Å². The molecule has 1 fully saturated rings. The molecule has 1 saturated heterocycles. The van der Waals surface area contributed by atoms with Crippen molar-refractivity contribution in [2.24, 2.45) is 0 Å². The van der Waals surface area contributed by atoms with Crippen molar-refractivity contribution in [3.63, 3.8) is 0 Å². The van der Waals surface area contributed by atoms with E-state index in [2.05, 4.69) is 15.2 Å². The van der Waals surface area contributed by atoms with E-state index in [1.54, 1.807) is 7.11 Å². The van der Waals surface area contributed by atoms with E-state index >= 15 is 0 Å². The largest absolute Gasteiger partial charge is 0.481 e. The van der Waals surface area contributed by atoms with Gasteiger partial charge in [-0.15, -0.1) is 0 Å². The lowest BCUT2D eigenvalue weighted by atomic mass is 10.1. The van der Waals surface area contributed by atoms with Crippen LogP contribution in [0.15, 0.2) is 0 Å². The monoisotopic (exact) mass is 264 g/mol. The fourth-order valence-electron chi connectivity index (χ4n) is 2.57. The third-order valence-electron chi connectivity index (χ3n) is 3.62. The van der Waals surface area contributed by atoms with Crippen molar-refractivity contribution in [1.82, 2.24) is 15.3 Å². The second-order valence-electron chi connectivity index (χ2n) is 4.81. The van der Waals surface area contributed by atoms with Crippen molar-refractivity contribution < 1.29 is 9.47 Å². The van der Waals surface area contributed by atoms with Gasteiger partial charge in [-0.05, 0) is 13.0 Å². The molecule has 19 heavy (non-hydrogen) atoms. The average molecular weight is 264 g/mol. The lowest BCUT2D eigenvalue weighted by molar-refractivity contribution is 0.122. The summed E-state index contributed by atoms with van der Waals surface area (Å²) >= 11 is 0. The topological polar surface area (TPSA) is 59.5 Å². The fraction of sp³-hybridized carbons (Fsp3) is 0.692. The van der Waals surface area contributed by atoms with Crippen molar-refractivity contribution in [1.29, 1.82) is 0 Å². The number of morpholine rings is 1. The van der Waals surface area contributed by atoms with Crippen molar-refractivity contribution in [2.75, 3.05) is 51.4 Å². The molecule has 6 heteroatoms. The number of rotatable bonds is 2. The SMILES string of the molecule is COc1nc(N2CCOCC2)nc2c1CCNCC2. The van der Waals surface area contributed by atoms with Crippen LogP contribution in [0, 0.1) is 0 Å². The average Bonchev–Trinajstić information content (AvgIpc) is 2.72. The zero-order chi connectivity index (χ0) is 13.1. The molecule has 2 aliphatic rings. The van der Waals surface area contributed by atoms with Crippen LogP contribution in [0.2, 0.25) is 0 Å². The van der Waals surface area contributed by atoms with E-state index in [-0.39, 0.29) is 0 Å². The Hall–Kier alpha value is -1.40. The van der Waals surface area contributed by atoms with Gasteiger partial charge < -0.3 is 19.7 Å². The number of hydrogen-bond acceptors (Lipinski definition) is 6. The first-order chi connectivity index (χ1) is 9.38. The van der Waals surface area contributed by atoms with Gasteiger partial charge in [0.15, 0.2) is 0 Å². The van der Waals surface area contributed by atoms with E-state index in [4.69, 9.17) is 14.5 Å². The summed E-state index contributed by atoms with van der Waals surface area (Å²) in [6, 6.07) is 0. The molecule has 0 aliphatic carbocycles. The van der Waals surface area contributed by atoms with E-state index in [1.165, 1.54) is 0 Å². The molecule has 0 bridgehead atoms. The first kappa shape index (κ1) is 12.6. The number of aromatic nitrogens is 2. The first-order valence-corrected chi connectivity index (χ1v) is 6.85. The lowest BCUT2D eigenvalue weighted by Gasteiger charge is -2.27. The Balaban J connectivity index is 1.94. The third-order valence-corrected chi connectivity index (χ3v) is 3.62. The molecule has 2 aliphatic heterocycles. The number of ether oxygens (including phenoxy) is 2. The molecule has 3 heterocycles. The molecule has 1 aromatic rings. The number of anilines is 1. The Morgan fingerprint density at radius 3 is 2.74 bits per heavy atom. The maximum absolute atomic E-state index is 5.46. The smallest absolute Gasteiger partial charge is 0.229 e. The first-order valence-electron chi connectivity index (χ1n) is 6.85. The number of fused-ring (bicyclic) bond motifs is 1. The van der Waals surface area contributed by atoms with Crippen LogP contribution in [0.5, 0.6) is 5.88 Å². The van der Waals surface area contributed by atoms with Crippen LogP contribution < -0.4 is 15.0 Å². The highest BCUT2D eigenvalue weighted by Gasteiger charge is 2.21. The summed E-state index contributed by atoms with van der Waals surface area (Å²) in [6.07, 6.45) is 1.87. The summed E-state index contributed by atoms with van der Waals surface area (Å²) < 4.78 is 10.8. The molecular formula is C13H20N4O2. The minimum atomic E-state index is 0.732. The molecule has 0 saturated carbocycles. The maximum Gasteiger partial charge on any atom is 0.229 e. The van der Waals surface area contributed by atoms with Crippen molar-refractivity contribution in [3.05, 3.63) is 11.3 Å². The van der Waals surface area contributed by atoms with Crippen molar-refractivity contribution in [3.8, 4) is 5.88 Å². The third kappa shape index (κ3) is 2.64. The van der Waals surface area contributed by atoms with Crippen molar-refractivity contribution >= 4 is 5.95 Å². The molecular weight excluding hydrogens is 244 g/mol. The highest BCUT2D eigenvalue weighted by molar-refractivity contribution is 5.41. The molecule has 1 aromatic heterocycles. The Morgan fingerprint density at radius 2 is 1.95 bits per heavy atom. The van der Waals surface area contributed by atoms with Gasteiger partial charge in [-0.25, -0.2) is 4.98 Å². The van der Waals surface area contributed by atoms with E-state index in [0.29, 0.717) is 0 Å². The van der Waals surface area contributed by atoms with Gasteiger partial charge in [-0.1, -0.05) is 0 Å². The highest BCUT2D eigenvalue weighted by Crippen LogP contribution is 2.24. The van der Waals surface area contributed by atoms with Gasteiger partial charge in [0.1, 0.15) is 0 Å². The molecule has 3 rings (SSSR count). The Kier molecular flexibility index (Phi) is 3.79. The van der Waals surface area contributed by atoms with Crippen LogP contribution in [0.1, 0.15) is 11.3 Å². The molecule has 104 valence electrons. The van der Waals surface area contributed by atoms with Gasteiger partial charge in [0.05, 0.1) is 26.0 Å². The van der Waals surface area contributed by atoms with Gasteiger partial charge in [0.25, 0.3) is 0 Å². The molecule has 0 unspecified atom stereocenters. The van der Waals surface area contributed by atoms with Gasteiger partial charge in [-0.3, -0.25) is 0 Å². The standard InChI is InChI=1S/C13H20N4O2/c1-18-12-10-2-4-14-5-3-11(10)15-13(16-12)17-6-8-19-9-7-17/h14H,2-9H2,1H3. The van der Waals surface area contributed by atoms with E-state index < -0.39 is 0 Å². The summed E-state index contributed by atoms with van der Waals surface area (Å²) in [7, 11) is 1.68. The minimum Gasteiger partial charge on any atom is -0.481 e. The summed E-state index contributed by atoms with van der Waals surface area (Å²) in [5, 5.41) is 3.39. The molecule has 1 N–H and O–H groups in total. The van der Waals surface area contributed by atoms with Crippen LogP contribution in [0.3, 0.4) is 0 Å². The van der Waals surface area contributed by atoms with Crippen LogP contribution in [0.4, 0.5) is 5.95 Å². The van der Waals surface area contributed by atoms with Gasteiger partial charge in [-0.2, -0.15) is 4.98 Å². The second kappa shape index (κ2) is 5.71.